The molecule has 0 spiro atoms. The molecule has 0 bridgehead atoms. The zero-order valence-electron chi connectivity index (χ0n) is 18.9. The Balaban J connectivity index is 1.86. The molecule has 1 aliphatic heterocycles. The van der Waals surface area contributed by atoms with E-state index in [-0.39, 0.29) is 5.91 Å². The average Bonchev–Trinajstić information content (AvgIpc) is 3.30. The first-order chi connectivity index (χ1) is 16.0. The Morgan fingerprint density at radius 1 is 0.970 bits per heavy atom. The number of amides is 1. The number of carbonyl (C=O) groups excluding carboxylic acids is 1. The van der Waals surface area contributed by atoms with Gasteiger partial charge in [0.15, 0.2) is 11.5 Å². The third kappa shape index (κ3) is 3.77. The number of hydrogen-bond donors (Lipinski definition) is 2. The molecule has 1 aliphatic rings. The van der Waals surface area contributed by atoms with Crippen LogP contribution >= 0.6 is 0 Å². The Labute approximate surface area is 190 Å². The lowest BCUT2D eigenvalue weighted by molar-refractivity contribution is -0.113. The molecule has 1 aromatic heterocycles. The number of allylic oxidation sites excluding steroid dienone is 1. The van der Waals surface area contributed by atoms with Gasteiger partial charge >= 0.3 is 0 Å². The van der Waals surface area contributed by atoms with Crippen molar-refractivity contribution in [2.24, 2.45) is 0 Å². The number of ether oxygens (including phenoxy) is 4. The van der Waals surface area contributed by atoms with E-state index < -0.39 is 6.04 Å². The van der Waals surface area contributed by atoms with Crippen molar-refractivity contribution >= 4 is 17.5 Å². The summed E-state index contributed by atoms with van der Waals surface area (Å²) in [5, 5.41) is 18.0. The molecule has 0 aliphatic carbocycles. The molecule has 0 fully saturated rings. The molecule has 0 saturated carbocycles. The number of rotatable bonds is 7. The number of aromatic nitrogens is 4. The molecule has 2 aromatic carbocycles. The molecule has 4 rings (SSSR count). The molecule has 172 valence electrons. The van der Waals surface area contributed by atoms with Gasteiger partial charge in [0.2, 0.25) is 11.7 Å². The summed E-state index contributed by atoms with van der Waals surface area (Å²) in [7, 11) is 6.12. The predicted molar refractivity (Wildman–Crippen MR) is 120 cm³/mol. The number of carbonyl (C=O) groups is 1. The highest BCUT2D eigenvalue weighted by atomic mass is 16.5. The van der Waals surface area contributed by atoms with E-state index in [0.29, 0.717) is 51.5 Å². The van der Waals surface area contributed by atoms with Gasteiger partial charge in [0.05, 0.1) is 39.7 Å². The fourth-order valence-electron chi connectivity index (χ4n) is 3.87. The van der Waals surface area contributed by atoms with Crippen LogP contribution in [0.3, 0.4) is 0 Å². The van der Waals surface area contributed by atoms with Crippen molar-refractivity contribution in [3.63, 3.8) is 0 Å². The molecule has 2 N–H and O–H groups in total. The predicted octanol–water partition coefficient (Wildman–Crippen LogP) is 2.64. The smallest absolute Gasteiger partial charge is 0.255 e. The number of nitrogens with one attached hydrogen (secondary N) is 2. The number of para-hydroxylation sites is 2. The van der Waals surface area contributed by atoms with E-state index in [1.165, 1.54) is 26.0 Å². The van der Waals surface area contributed by atoms with Gasteiger partial charge in [-0.3, -0.25) is 4.79 Å². The van der Waals surface area contributed by atoms with Gasteiger partial charge < -0.3 is 29.6 Å². The lowest BCUT2D eigenvalue weighted by Crippen LogP contribution is -2.32. The minimum Gasteiger partial charge on any atom is -0.495 e. The second-order valence-electron chi connectivity index (χ2n) is 7.09. The maximum Gasteiger partial charge on any atom is 0.255 e. The molecule has 0 radical (unpaired) electrons. The fraction of sp³-hybridized carbons (Fsp3) is 0.273. The van der Waals surface area contributed by atoms with Crippen molar-refractivity contribution in [2.45, 2.75) is 13.0 Å². The molecular weight excluding hydrogens is 428 g/mol. The lowest BCUT2D eigenvalue weighted by atomic mass is 9.93. The summed E-state index contributed by atoms with van der Waals surface area (Å²) in [5.74, 6) is 1.87. The summed E-state index contributed by atoms with van der Waals surface area (Å²) < 4.78 is 23.5. The van der Waals surface area contributed by atoms with Crippen LogP contribution in [0.5, 0.6) is 23.0 Å². The highest BCUT2D eigenvalue weighted by molar-refractivity contribution is 6.06. The number of benzene rings is 2. The molecule has 1 atom stereocenters. The number of nitrogens with zero attached hydrogens (tertiary/aromatic N) is 4. The maximum atomic E-state index is 13.6. The zero-order chi connectivity index (χ0) is 23.5. The standard InChI is InChI=1S/C22H24N6O5/c1-12-17(21(29)24-14-8-6-7-9-15(14)30-2)18(28-22(23-12)25-26-27-28)13-10-11-16(31-3)20(33-5)19(13)32-4/h6-11,18H,1-5H3,(H,24,29)(H,23,25,27). The first-order valence-electron chi connectivity index (χ1n) is 10.0. The van der Waals surface area contributed by atoms with Gasteiger partial charge in [-0.25, -0.2) is 0 Å². The average molecular weight is 452 g/mol. The van der Waals surface area contributed by atoms with Crippen LogP contribution in [-0.2, 0) is 4.79 Å². The fourth-order valence-corrected chi connectivity index (χ4v) is 3.87. The third-order valence-electron chi connectivity index (χ3n) is 5.34. The molecule has 11 heteroatoms. The third-order valence-corrected chi connectivity index (χ3v) is 5.34. The van der Waals surface area contributed by atoms with Crippen molar-refractivity contribution in [1.82, 2.24) is 20.2 Å². The minimum absolute atomic E-state index is 0.354. The van der Waals surface area contributed by atoms with Gasteiger partial charge in [0.1, 0.15) is 11.8 Å². The van der Waals surface area contributed by atoms with E-state index >= 15 is 0 Å². The van der Waals surface area contributed by atoms with Crippen molar-refractivity contribution in [1.29, 1.82) is 0 Å². The highest BCUT2D eigenvalue weighted by Gasteiger charge is 2.37. The molecule has 0 saturated heterocycles. The van der Waals surface area contributed by atoms with Crippen molar-refractivity contribution in [3.05, 3.63) is 53.2 Å². The topological polar surface area (TPSA) is 122 Å². The Bertz CT molecular complexity index is 1220. The van der Waals surface area contributed by atoms with Crippen LogP contribution in [0.2, 0.25) is 0 Å². The Morgan fingerprint density at radius 3 is 2.39 bits per heavy atom. The van der Waals surface area contributed by atoms with Crippen LogP contribution in [0.15, 0.2) is 47.7 Å². The van der Waals surface area contributed by atoms with E-state index in [4.69, 9.17) is 18.9 Å². The number of methoxy groups -OCH3 is 4. The van der Waals surface area contributed by atoms with E-state index in [2.05, 4.69) is 26.2 Å². The number of tetrazole rings is 1. The van der Waals surface area contributed by atoms with E-state index in [1.807, 2.05) is 12.1 Å². The van der Waals surface area contributed by atoms with Gasteiger partial charge in [-0.1, -0.05) is 17.2 Å². The normalized spacial score (nSPS) is 14.8. The van der Waals surface area contributed by atoms with Crippen molar-refractivity contribution < 1.29 is 23.7 Å². The first kappa shape index (κ1) is 21.9. The number of hydrogen-bond acceptors (Lipinski definition) is 9. The Hall–Kier alpha value is -4.28. The summed E-state index contributed by atoms with van der Waals surface area (Å²) in [6.45, 7) is 1.79. The Kier molecular flexibility index (Phi) is 6.03. The summed E-state index contributed by atoms with van der Waals surface area (Å²) in [5.41, 5.74) is 2.14. The van der Waals surface area contributed by atoms with E-state index in [0.717, 1.165) is 0 Å². The summed E-state index contributed by atoms with van der Waals surface area (Å²) in [6.07, 6.45) is 0. The molecule has 2 heterocycles. The number of anilines is 2. The van der Waals surface area contributed by atoms with Crippen LogP contribution in [0.4, 0.5) is 11.6 Å². The maximum absolute atomic E-state index is 13.6. The lowest BCUT2D eigenvalue weighted by Gasteiger charge is -2.29. The first-order valence-corrected chi connectivity index (χ1v) is 10.0. The SMILES string of the molecule is COc1ccccc1NC(=O)C1=C(C)Nc2nnnn2C1c1ccc(OC)c(OC)c1OC. The van der Waals surface area contributed by atoms with Crippen LogP contribution in [0.1, 0.15) is 18.5 Å². The second kappa shape index (κ2) is 9.07. The zero-order valence-corrected chi connectivity index (χ0v) is 18.9. The largest absolute Gasteiger partial charge is 0.495 e. The van der Waals surface area contributed by atoms with Gasteiger partial charge in [0.25, 0.3) is 5.91 Å². The number of fused-ring (bicyclic) bond motifs is 1. The quantitative estimate of drug-likeness (QED) is 0.557. The summed E-state index contributed by atoms with van der Waals surface area (Å²) in [4.78, 5) is 13.6. The van der Waals surface area contributed by atoms with Crippen LogP contribution < -0.4 is 29.6 Å². The van der Waals surface area contributed by atoms with Gasteiger partial charge in [-0.05, 0) is 41.6 Å². The monoisotopic (exact) mass is 452 g/mol. The molecule has 1 unspecified atom stereocenters. The summed E-state index contributed by atoms with van der Waals surface area (Å²) >= 11 is 0. The van der Waals surface area contributed by atoms with Crippen LogP contribution in [0.25, 0.3) is 0 Å². The second-order valence-corrected chi connectivity index (χ2v) is 7.09. The van der Waals surface area contributed by atoms with Crippen LogP contribution in [-0.4, -0.2) is 54.6 Å². The van der Waals surface area contributed by atoms with E-state index in [9.17, 15) is 4.79 Å². The van der Waals surface area contributed by atoms with Gasteiger partial charge in [-0.2, -0.15) is 4.68 Å². The van der Waals surface area contributed by atoms with Gasteiger partial charge in [0, 0.05) is 11.3 Å². The van der Waals surface area contributed by atoms with E-state index in [1.54, 1.807) is 38.3 Å². The van der Waals surface area contributed by atoms with Crippen molar-refractivity contribution in [3.8, 4) is 23.0 Å². The molecule has 33 heavy (non-hydrogen) atoms. The molecule has 11 nitrogen and oxygen atoms in total. The molecular formula is C22H24N6O5. The highest BCUT2D eigenvalue weighted by Crippen LogP contribution is 2.46. The molecule has 3 aromatic rings. The van der Waals surface area contributed by atoms with Gasteiger partial charge in [-0.15, -0.1) is 0 Å². The van der Waals surface area contributed by atoms with Crippen LogP contribution in [0, 0.1) is 0 Å². The summed E-state index contributed by atoms with van der Waals surface area (Å²) in [6, 6.07) is 10.0. The van der Waals surface area contributed by atoms with Crippen molar-refractivity contribution in [2.75, 3.05) is 39.1 Å². The Morgan fingerprint density at radius 2 is 1.70 bits per heavy atom. The minimum atomic E-state index is -0.708. The molecule has 1 amide bonds.